The Bertz CT molecular complexity index is 958. The summed E-state index contributed by atoms with van der Waals surface area (Å²) in [7, 11) is 0. The smallest absolute Gasteiger partial charge is 0.171 e. The second-order valence-corrected chi connectivity index (χ2v) is 6.84. The Labute approximate surface area is 163 Å². The quantitative estimate of drug-likeness (QED) is 0.570. The number of hydrogen-bond acceptors (Lipinski definition) is 1. The molecule has 0 bridgehead atoms. The first kappa shape index (κ1) is 19.0. The van der Waals surface area contributed by atoms with Crippen LogP contribution in [-0.2, 0) is 0 Å². The van der Waals surface area contributed by atoms with Crippen LogP contribution in [0.1, 0.15) is 28.3 Å². The van der Waals surface area contributed by atoms with E-state index in [9.17, 15) is 8.78 Å². The summed E-state index contributed by atoms with van der Waals surface area (Å²) in [5.41, 5.74) is 4.87. The summed E-state index contributed by atoms with van der Waals surface area (Å²) >= 11 is 5.42. The van der Waals surface area contributed by atoms with Crippen molar-refractivity contribution in [1.29, 1.82) is 0 Å². The van der Waals surface area contributed by atoms with Crippen molar-refractivity contribution in [2.24, 2.45) is 0 Å². The Hall–Kier alpha value is -2.79. The third-order valence-corrected chi connectivity index (χ3v) is 4.54. The van der Waals surface area contributed by atoms with Crippen LogP contribution in [0.4, 0.5) is 14.5 Å². The van der Waals surface area contributed by atoms with E-state index in [2.05, 4.69) is 42.7 Å². The average molecular weight is 382 g/mol. The summed E-state index contributed by atoms with van der Waals surface area (Å²) in [6.45, 7) is 4.11. The molecule has 0 fully saturated rings. The van der Waals surface area contributed by atoms with Gasteiger partial charge in [0, 0.05) is 11.8 Å². The van der Waals surface area contributed by atoms with Gasteiger partial charge in [0.15, 0.2) is 16.7 Å². The van der Waals surface area contributed by atoms with Gasteiger partial charge in [0.25, 0.3) is 0 Å². The van der Waals surface area contributed by atoms with Crippen LogP contribution < -0.4 is 10.6 Å². The Morgan fingerprint density at radius 2 is 1.63 bits per heavy atom. The standard InChI is InChI=1S/C22H20F2N2S/c1-14-8-10-18(15(2)12-14)21(16-6-4-3-5-7-16)26-22(27)25-17-9-11-19(23)20(24)13-17/h3-13,21H,1-2H3,(H2,25,26,27)/t21-/m1/s1. The first-order chi connectivity index (χ1) is 12.9. The molecule has 3 aromatic carbocycles. The highest BCUT2D eigenvalue weighted by Gasteiger charge is 2.17. The Kier molecular flexibility index (Phi) is 5.81. The van der Waals surface area contributed by atoms with Gasteiger partial charge in [-0.3, -0.25) is 0 Å². The predicted octanol–water partition coefficient (Wildman–Crippen LogP) is 5.66. The zero-order valence-corrected chi connectivity index (χ0v) is 15.9. The maximum absolute atomic E-state index is 13.4. The van der Waals surface area contributed by atoms with Gasteiger partial charge in [0.1, 0.15) is 0 Å². The molecule has 3 aromatic rings. The van der Waals surface area contributed by atoms with Crippen LogP contribution in [0.5, 0.6) is 0 Å². The maximum Gasteiger partial charge on any atom is 0.171 e. The van der Waals surface area contributed by atoms with Crippen molar-refractivity contribution in [3.05, 3.63) is 101 Å². The van der Waals surface area contributed by atoms with E-state index >= 15 is 0 Å². The predicted molar refractivity (Wildman–Crippen MR) is 110 cm³/mol. The maximum atomic E-state index is 13.4. The second-order valence-electron chi connectivity index (χ2n) is 6.43. The Morgan fingerprint density at radius 1 is 0.889 bits per heavy atom. The van der Waals surface area contributed by atoms with E-state index in [1.54, 1.807) is 0 Å². The highest BCUT2D eigenvalue weighted by atomic mass is 32.1. The van der Waals surface area contributed by atoms with Crippen LogP contribution in [0.3, 0.4) is 0 Å². The number of thiocarbonyl (C=S) groups is 1. The van der Waals surface area contributed by atoms with E-state index < -0.39 is 11.6 Å². The highest BCUT2D eigenvalue weighted by Crippen LogP contribution is 2.26. The average Bonchev–Trinajstić information content (AvgIpc) is 2.64. The highest BCUT2D eigenvalue weighted by molar-refractivity contribution is 7.80. The summed E-state index contributed by atoms with van der Waals surface area (Å²) < 4.78 is 26.5. The van der Waals surface area contributed by atoms with Crippen LogP contribution in [0.15, 0.2) is 66.7 Å². The van der Waals surface area contributed by atoms with E-state index in [-0.39, 0.29) is 6.04 Å². The molecule has 2 N–H and O–H groups in total. The molecule has 0 heterocycles. The molecule has 0 spiro atoms. The van der Waals surface area contributed by atoms with Crippen LogP contribution in [0.25, 0.3) is 0 Å². The molecular formula is C22H20F2N2S. The molecule has 0 unspecified atom stereocenters. The summed E-state index contributed by atoms with van der Waals surface area (Å²) in [5, 5.41) is 6.55. The van der Waals surface area contributed by atoms with E-state index in [0.29, 0.717) is 10.8 Å². The third kappa shape index (κ3) is 4.68. The third-order valence-electron chi connectivity index (χ3n) is 4.32. The SMILES string of the molecule is Cc1ccc([C@H](NC(=S)Nc2ccc(F)c(F)c2)c2ccccc2)c(C)c1. The number of nitrogens with one attached hydrogen (secondary N) is 2. The fourth-order valence-corrected chi connectivity index (χ4v) is 3.24. The van der Waals surface area contributed by atoms with Gasteiger partial charge in [-0.05, 0) is 54.9 Å². The number of hydrogen-bond donors (Lipinski definition) is 2. The van der Waals surface area contributed by atoms with Crippen molar-refractivity contribution in [3.63, 3.8) is 0 Å². The van der Waals surface area contributed by atoms with Gasteiger partial charge in [-0.2, -0.15) is 0 Å². The lowest BCUT2D eigenvalue weighted by atomic mass is 9.94. The molecule has 0 aromatic heterocycles. The van der Waals surface area contributed by atoms with Crippen molar-refractivity contribution in [2.75, 3.05) is 5.32 Å². The number of benzene rings is 3. The summed E-state index contributed by atoms with van der Waals surface area (Å²) in [6.07, 6.45) is 0. The van der Waals surface area contributed by atoms with E-state index in [1.165, 1.54) is 11.6 Å². The minimum Gasteiger partial charge on any atom is -0.352 e. The fourth-order valence-electron chi connectivity index (χ4n) is 3.01. The topological polar surface area (TPSA) is 24.1 Å². The summed E-state index contributed by atoms with van der Waals surface area (Å²) in [6, 6.07) is 19.6. The molecule has 2 nitrogen and oxygen atoms in total. The lowest BCUT2D eigenvalue weighted by Gasteiger charge is -2.24. The van der Waals surface area contributed by atoms with Gasteiger partial charge in [0.2, 0.25) is 0 Å². The molecular weight excluding hydrogens is 362 g/mol. The molecule has 0 saturated carbocycles. The van der Waals surface area contributed by atoms with Gasteiger partial charge in [-0.1, -0.05) is 54.1 Å². The summed E-state index contributed by atoms with van der Waals surface area (Å²) in [4.78, 5) is 0. The van der Waals surface area contributed by atoms with Crippen molar-refractivity contribution in [3.8, 4) is 0 Å². The molecule has 3 rings (SSSR count). The van der Waals surface area contributed by atoms with Crippen molar-refractivity contribution >= 4 is 23.0 Å². The van der Waals surface area contributed by atoms with Crippen LogP contribution >= 0.6 is 12.2 Å². The van der Waals surface area contributed by atoms with Gasteiger partial charge in [-0.15, -0.1) is 0 Å². The van der Waals surface area contributed by atoms with Gasteiger partial charge in [0.05, 0.1) is 6.04 Å². The van der Waals surface area contributed by atoms with Gasteiger partial charge >= 0.3 is 0 Å². The first-order valence-corrected chi connectivity index (χ1v) is 8.99. The fraction of sp³-hybridized carbons (Fsp3) is 0.136. The van der Waals surface area contributed by atoms with Gasteiger partial charge < -0.3 is 10.6 Å². The lowest BCUT2D eigenvalue weighted by Crippen LogP contribution is -2.33. The van der Waals surface area contributed by atoms with Crippen molar-refractivity contribution in [2.45, 2.75) is 19.9 Å². The van der Waals surface area contributed by atoms with E-state index in [1.807, 2.05) is 30.3 Å². The lowest BCUT2D eigenvalue weighted by molar-refractivity contribution is 0.509. The number of rotatable bonds is 4. The second kappa shape index (κ2) is 8.27. The van der Waals surface area contributed by atoms with Crippen molar-refractivity contribution in [1.82, 2.24) is 5.32 Å². The van der Waals surface area contributed by atoms with Crippen LogP contribution in [0.2, 0.25) is 0 Å². The van der Waals surface area contributed by atoms with Crippen LogP contribution in [-0.4, -0.2) is 5.11 Å². The minimum atomic E-state index is -0.920. The molecule has 0 amide bonds. The van der Waals surface area contributed by atoms with Gasteiger partial charge in [-0.25, -0.2) is 8.78 Å². The van der Waals surface area contributed by atoms with E-state index in [4.69, 9.17) is 12.2 Å². The molecule has 0 aliphatic rings. The first-order valence-electron chi connectivity index (χ1n) is 8.58. The largest absolute Gasteiger partial charge is 0.352 e. The molecule has 5 heteroatoms. The minimum absolute atomic E-state index is 0.169. The molecule has 138 valence electrons. The molecule has 0 aliphatic carbocycles. The zero-order chi connectivity index (χ0) is 19.4. The molecule has 0 radical (unpaired) electrons. The zero-order valence-electron chi connectivity index (χ0n) is 15.1. The normalized spacial score (nSPS) is 11.7. The monoisotopic (exact) mass is 382 g/mol. The number of aryl methyl sites for hydroxylation is 2. The van der Waals surface area contributed by atoms with Crippen LogP contribution in [0, 0.1) is 25.5 Å². The van der Waals surface area contributed by atoms with Crippen molar-refractivity contribution < 1.29 is 8.78 Å². The number of anilines is 1. The summed E-state index contributed by atoms with van der Waals surface area (Å²) in [5.74, 6) is -1.81. The molecule has 0 aliphatic heterocycles. The molecule has 0 saturated heterocycles. The Balaban J connectivity index is 1.87. The molecule has 1 atom stereocenters. The number of halogens is 2. The molecule has 27 heavy (non-hydrogen) atoms. The van der Waals surface area contributed by atoms with E-state index in [0.717, 1.165) is 28.8 Å². The Morgan fingerprint density at radius 3 is 2.30 bits per heavy atom.